The number of hydrogen-bond donors (Lipinski definition) is 3. The molecule has 2 unspecified atom stereocenters. The van der Waals surface area contributed by atoms with E-state index < -0.39 is 48.9 Å². The van der Waals surface area contributed by atoms with Gasteiger partial charge >= 0.3 is 12.1 Å². The number of nitrogens with zero attached hydrogens (tertiary/aromatic N) is 1. The van der Waals surface area contributed by atoms with Gasteiger partial charge in [0.25, 0.3) is 0 Å². The molecule has 1 aromatic rings. The molecule has 10 heteroatoms. The third-order valence-corrected chi connectivity index (χ3v) is 4.83. The molecule has 3 N–H and O–H groups in total. The maximum absolute atomic E-state index is 13.1. The summed E-state index contributed by atoms with van der Waals surface area (Å²) >= 11 is 0. The number of aliphatic carboxylic acids is 1. The molecule has 0 bridgehead atoms. The molecule has 144 valence electrons. The van der Waals surface area contributed by atoms with E-state index in [4.69, 9.17) is 5.11 Å². The first-order valence-corrected chi connectivity index (χ1v) is 7.90. The SMILES string of the molecule is Cl.O=C(O)[C@@H]1CN(C(=O)C2CNNC2c2ccccc2)C[C@H]1C(F)(F)F. The molecule has 6 nitrogen and oxygen atoms in total. The molecule has 2 saturated heterocycles. The van der Waals surface area contributed by atoms with Crippen molar-refractivity contribution >= 4 is 24.3 Å². The summed E-state index contributed by atoms with van der Waals surface area (Å²) in [5.74, 6) is -6.25. The number of hydrogen-bond acceptors (Lipinski definition) is 4. The molecule has 2 fully saturated rings. The van der Waals surface area contributed by atoms with Gasteiger partial charge in [0.15, 0.2) is 0 Å². The van der Waals surface area contributed by atoms with Crippen molar-refractivity contribution in [3.63, 3.8) is 0 Å². The van der Waals surface area contributed by atoms with Crippen molar-refractivity contribution < 1.29 is 27.9 Å². The Morgan fingerprint density at radius 2 is 1.77 bits per heavy atom. The fourth-order valence-corrected chi connectivity index (χ4v) is 3.50. The van der Waals surface area contributed by atoms with Crippen molar-refractivity contribution in [2.24, 2.45) is 17.8 Å². The van der Waals surface area contributed by atoms with Crippen LogP contribution >= 0.6 is 12.4 Å². The predicted octanol–water partition coefficient (Wildman–Crippen LogP) is 1.59. The van der Waals surface area contributed by atoms with Crippen LogP contribution in [0.1, 0.15) is 11.6 Å². The van der Waals surface area contributed by atoms with Gasteiger partial charge in [-0.3, -0.25) is 15.0 Å². The number of benzene rings is 1. The van der Waals surface area contributed by atoms with Crippen LogP contribution in [0, 0.1) is 17.8 Å². The summed E-state index contributed by atoms with van der Waals surface area (Å²) in [6.07, 6.45) is -4.65. The maximum Gasteiger partial charge on any atom is 0.394 e. The molecule has 2 aliphatic rings. The van der Waals surface area contributed by atoms with Crippen LogP contribution in [-0.4, -0.2) is 47.7 Å². The van der Waals surface area contributed by atoms with Crippen molar-refractivity contribution in [3.05, 3.63) is 35.9 Å². The molecule has 0 saturated carbocycles. The van der Waals surface area contributed by atoms with E-state index in [2.05, 4.69) is 10.9 Å². The fraction of sp³-hybridized carbons (Fsp3) is 0.500. The van der Waals surface area contributed by atoms with Crippen LogP contribution in [0.15, 0.2) is 30.3 Å². The lowest BCUT2D eigenvalue weighted by Crippen LogP contribution is -2.39. The summed E-state index contributed by atoms with van der Waals surface area (Å²) < 4.78 is 39.3. The fourth-order valence-electron chi connectivity index (χ4n) is 3.50. The quantitative estimate of drug-likeness (QED) is 0.726. The highest BCUT2D eigenvalue weighted by molar-refractivity contribution is 5.85. The Morgan fingerprint density at radius 1 is 1.12 bits per heavy atom. The summed E-state index contributed by atoms with van der Waals surface area (Å²) in [5.41, 5.74) is 6.67. The van der Waals surface area contributed by atoms with Crippen molar-refractivity contribution in [1.82, 2.24) is 15.8 Å². The zero-order valence-electron chi connectivity index (χ0n) is 13.6. The maximum atomic E-state index is 13.1. The van der Waals surface area contributed by atoms with E-state index in [0.29, 0.717) is 0 Å². The molecule has 1 aromatic carbocycles. The minimum Gasteiger partial charge on any atom is -0.481 e. The van der Waals surface area contributed by atoms with Crippen molar-refractivity contribution in [3.8, 4) is 0 Å². The van der Waals surface area contributed by atoms with Crippen LogP contribution in [0.25, 0.3) is 0 Å². The summed E-state index contributed by atoms with van der Waals surface area (Å²) in [4.78, 5) is 25.0. The Bertz CT molecular complexity index is 659. The van der Waals surface area contributed by atoms with Gasteiger partial charge in [0, 0.05) is 19.6 Å². The number of carboxylic acids is 1. The number of carbonyl (C=O) groups excluding carboxylic acids is 1. The van der Waals surface area contributed by atoms with Crippen molar-refractivity contribution in [2.75, 3.05) is 19.6 Å². The second kappa shape index (κ2) is 7.81. The number of hydrazine groups is 1. The zero-order chi connectivity index (χ0) is 18.2. The average Bonchev–Trinajstić information content (AvgIpc) is 3.22. The highest BCUT2D eigenvalue weighted by Gasteiger charge is 2.54. The Kier molecular flexibility index (Phi) is 6.15. The molecule has 0 aromatic heterocycles. The topological polar surface area (TPSA) is 81.7 Å². The Hall–Kier alpha value is -1.84. The summed E-state index contributed by atoms with van der Waals surface area (Å²) in [6.45, 7) is -0.767. The lowest BCUT2D eigenvalue weighted by atomic mass is 9.94. The molecular weight excluding hydrogens is 375 g/mol. The van der Waals surface area contributed by atoms with Gasteiger partial charge < -0.3 is 10.0 Å². The number of amides is 1. The average molecular weight is 394 g/mol. The number of carboxylic acid groups (broad SMARTS) is 1. The van der Waals surface area contributed by atoms with Crippen LogP contribution in [0.3, 0.4) is 0 Å². The first-order chi connectivity index (χ1) is 11.8. The van der Waals surface area contributed by atoms with Gasteiger partial charge in [-0.25, -0.2) is 5.43 Å². The lowest BCUT2D eigenvalue weighted by Gasteiger charge is -2.24. The van der Waals surface area contributed by atoms with Gasteiger partial charge in [-0.05, 0) is 5.56 Å². The van der Waals surface area contributed by atoms with Gasteiger partial charge in [0.2, 0.25) is 5.91 Å². The highest BCUT2D eigenvalue weighted by atomic mass is 35.5. The Balaban J connectivity index is 0.00000243. The number of alkyl halides is 3. The molecule has 0 radical (unpaired) electrons. The molecule has 4 atom stereocenters. The molecular formula is C16H19ClF3N3O3. The van der Waals surface area contributed by atoms with E-state index in [1.165, 1.54) is 0 Å². The van der Waals surface area contributed by atoms with Crippen LogP contribution in [0.2, 0.25) is 0 Å². The van der Waals surface area contributed by atoms with Gasteiger partial charge in [-0.1, -0.05) is 30.3 Å². The van der Waals surface area contributed by atoms with Crippen LogP contribution < -0.4 is 10.9 Å². The molecule has 2 aliphatic heterocycles. The lowest BCUT2D eigenvalue weighted by molar-refractivity contribution is -0.188. The predicted molar refractivity (Wildman–Crippen MR) is 88.3 cm³/mol. The second-order valence-electron chi connectivity index (χ2n) is 6.36. The number of carbonyl (C=O) groups is 2. The molecule has 26 heavy (non-hydrogen) atoms. The summed E-state index contributed by atoms with van der Waals surface area (Å²) in [7, 11) is 0. The smallest absolute Gasteiger partial charge is 0.394 e. The van der Waals surface area contributed by atoms with E-state index in [9.17, 15) is 22.8 Å². The molecule has 3 rings (SSSR count). The first-order valence-electron chi connectivity index (χ1n) is 7.90. The third kappa shape index (κ3) is 3.94. The zero-order valence-corrected chi connectivity index (χ0v) is 14.4. The largest absolute Gasteiger partial charge is 0.481 e. The Morgan fingerprint density at radius 3 is 2.31 bits per heavy atom. The Labute approximate surface area is 154 Å². The van der Waals surface area contributed by atoms with E-state index in [1.807, 2.05) is 30.3 Å². The summed E-state index contributed by atoms with van der Waals surface area (Å²) in [5, 5.41) is 9.08. The molecule has 1 amide bonds. The van der Waals surface area contributed by atoms with Gasteiger partial charge in [-0.2, -0.15) is 13.2 Å². The number of likely N-dealkylation sites (tertiary alicyclic amines) is 1. The standard InChI is InChI=1S/C16H18F3N3O3.ClH/c17-16(18,19)12-8-22(7-11(12)15(24)25)14(23)10-6-20-21-13(10)9-4-2-1-3-5-9;/h1-5,10-13,20-21H,6-8H2,(H,24,25);1H/t10?,11-,12-,13?;/m1./s1. The number of nitrogens with one attached hydrogen (secondary N) is 2. The van der Waals surface area contributed by atoms with E-state index in [-0.39, 0.29) is 25.0 Å². The molecule has 2 heterocycles. The monoisotopic (exact) mass is 393 g/mol. The van der Waals surface area contributed by atoms with Gasteiger partial charge in [0.1, 0.15) is 0 Å². The van der Waals surface area contributed by atoms with Crippen LogP contribution in [-0.2, 0) is 9.59 Å². The second-order valence-corrected chi connectivity index (χ2v) is 6.36. The number of rotatable bonds is 3. The molecule has 0 aliphatic carbocycles. The van der Waals surface area contributed by atoms with E-state index in [0.717, 1.165) is 10.5 Å². The van der Waals surface area contributed by atoms with Crippen LogP contribution in [0.4, 0.5) is 13.2 Å². The minimum absolute atomic E-state index is 0. The number of halogens is 4. The highest BCUT2D eigenvalue weighted by Crippen LogP contribution is 2.39. The molecule has 0 spiro atoms. The van der Waals surface area contributed by atoms with Gasteiger partial charge in [-0.15, -0.1) is 12.4 Å². The van der Waals surface area contributed by atoms with Gasteiger partial charge in [0.05, 0.1) is 23.8 Å². The minimum atomic E-state index is -4.65. The van der Waals surface area contributed by atoms with Crippen LogP contribution in [0.5, 0.6) is 0 Å². The van der Waals surface area contributed by atoms with Crippen molar-refractivity contribution in [2.45, 2.75) is 12.2 Å². The van der Waals surface area contributed by atoms with E-state index in [1.54, 1.807) is 0 Å². The summed E-state index contributed by atoms with van der Waals surface area (Å²) in [6, 6.07) is 8.73. The third-order valence-electron chi connectivity index (χ3n) is 4.83. The first kappa shape index (κ1) is 20.5. The van der Waals surface area contributed by atoms with E-state index >= 15 is 0 Å². The van der Waals surface area contributed by atoms with Crippen molar-refractivity contribution in [1.29, 1.82) is 0 Å². The normalized spacial score (nSPS) is 28.7.